The average molecular weight is 404 g/mol. The van der Waals surface area contributed by atoms with Gasteiger partial charge in [-0.3, -0.25) is 9.80 Å². The monoisotopic (exact) mass is 404 g/mol. The number of hydrogen-bond acceptors (Lipinski definition) is 5. The average Bonchev–Trinajstić information content (AvgIpc) is 2.72. The van der Waals surface area contributed by atoms with E-state index in [1.807, 2.05) is 0 Å². The molecule has 1 aromatic carbocycles. The fourth-order valence-corrected chi connectivity index (χ4v) is 3.81. The molecule has 0 saturated carbocycles. The number of likely N-dealkylation sites (N-methyl/N-ethyl adjacent to an activating group) is 2. The Bertz CT molecular complexity index is 790. The number of urea groups is 1. The minimum absolute atomic E-state index is 0.221. The van der Waals surface area contributed by atoms with Crippen molar-refractivity contribution >= 4 is 12.0 Å². The molecule has 0 bridgehead atoms. The summed E-state index contributed by atoms with van der Waals surface area (Å²) in [6, 6.07) is 4.88. The Balaban J connectivity index is 1.98. The van der Waals surface area contributed by atoms with Crippen molar-refractivity contribution in [2.45, 2.75) is 19.9 Å². The fraction of sp³-hybridized carbons (Fsp3) is 0.524. The number of nitrogens with one attached hydrogen (secondary N) is 1. The highest BCUT2D eigenvalue weighted by Crippen LogP contribution is 2.31. The van der Waals surface area contributed by atoms with Crippen molar-refractivity contribution in [3.63, 3.8) is 0 Å². The van der Waals surface area contributed by atoms with Crippen molar-refractivity contribution in [1.82, 2.24) is 20.0 Å². The lowest BCUT2D eigenvalue weighted by atomic mass is 9.94. The van der Waals surface area contributed by atoms with Gasteiger partial charge in [-0.1, -0.05) is 19.1 Å². The smallest absolute Gasteiger partial charge is 0.338 e. The van der Waals surface area contributed by atoms with Gasteiger partial charge in [0, 0.05) is 45.5 Å². The van der Waals surface area contributed by atoms with Crippen LogP contribution in [0.1, 0.15) is 25.5 Å². The number of carbonyl (C=O) groups excluding carboxylic acids is 2. The minimum atomic E-state index is -0.750. The number of hydrogen-bond donors (Lipinski definition) is 1. The molecule has 2 aliphatic heterocycles. The number of ether oxygens (including phenoxy) is 1. The zero-order chi connectivity index (χ0) is 21.0. The van der Waals surface area contributed by atoms with Crippen LogP contribution in [-0.2, 0) is 9.53 Å². The van der Waals surface area contributed by atoms with E-state index in [0.29, 0.717) is 23.4 Å². The van der Waals surface area contributed by atoms with E-state index in [1.54, 1.807) is 26.1 Å². The lowest BCUT2D eigenvalue weighted by Crippen LogP contribution is -2.52. The van der Waals surface area contributed by atoms with Crippen molar-refractivity contribution in [3.05, 3.63) is 46.9 Å². The molecular formula is C21H29FN4O3. The van der Waals surface area contributed by atoms with Gasteiger partial charge in [0.15, 0.2) is 0 Å². The largest absolute Gasteiger partial charge is 0.463 e. The van der Waals surface area contributed by atoms with Crippen LogP contribution in [0.15, 0.2) is 35.5 Å². The van der Waals surface area contributed by atoms with Gasteiger partial charge in [0.25, 0.3) is 0 Å². The summed E-state index contributed by atoms with van der Waals surface area (Å²) in [5, 5.41) is 2.82. The molecule has 0 unspecified atom stereocenters. The molecular weight excluding hydrogens is 375 g/mol. The second-order valence-electron chi connectivity index (χ2n) is 7.29. The van der Waals surface area contributed by atoms with Crippen LogP contribution in [-0.4, -0.2) is 79.6 Å². The van der Waals surface area contributed by atoms with E-state index in [2.05, 4.69) is 22.0 Å². The maximum absolute atomic E-state index is 13.8. The van der Waals surface area contributed by atoms with Crippen LogP contribution in [0, 0.1) is 5.82 Å². The third kappa shape index (κ3) is 4.76. The molecule has 0 aromatic heterocycles. The number of esters is 1. The third-order valence-electron chi connectivity index (χ3n) is 5.54. The highest BCUT2D eigenvalue weighted by molar-refractivity contribution is 5.95. The summed E-state index contributed by atoms with van der Waals surface area (Å²) in [7, 11) is 1.65. The Morgan fingerprint density at radius 2 is 1.90 bits per heavy atom. The molecule has 0 aliphatic carbocycles. The molecule has 2 aliphatic rings. The van der Waals surface area contributed by atoms with Crippen LogP contribution >= 0.6 is 0 Å². The number of nitrogens with zero attached hydrogens (tertiary/aromatic N) is 3. The second kappa shape index (κ2) is 9.37. The van der Waals surface area contributed by atoms with E-state index in [-0.39, 0.29) is 12.6 Å². The molecule has 2 amide bonds. The van der Waals surface area contributed by atoms with Crippen molar-refractivity contribution < 1.29 is 18.7 Å². The van der Waals surface area contributed by atoms with E-state index < -0.39 is 17.8 Å². The predicted octanol–water partition coefficient (Wildman–Crippen LogP) is 1.98. The van der Waals surface area contributed by atoms with Gasteiger partial charge in [0.05, 0.1) is 18.2 Å². The number of rotatable bonds is 6. The third-order valence-corrected chi connectivity index (χ3v) is 5.54. The summed E-state index contributed by atoms with van der Waals surface area (Å²) in [6.45, 7) is 9.17. The van der Waals surface area contributed by atoms with Crippen LogP contribution in [0.4, 0.5) is 9.18 Å². The highest BCUT2D eigenvalue weighted by atomic mass is 19.1. The molecule has 0 radical (unpaired) electrons. The van der Waals surface area contributed by atoms with Crippen molar-refractivity contribution in [2.75, 3.05) is 52.9 Å². The molecule has 1 aromatic rings. The van der Waals surface area contributed by atoms with Gasteiger partial charge in [0.1, 0.15) is 5.82 Å². The molecule has 1 N–H and O–H groups in total. The summed E-state index contributed by atoms with van der Waals surface area (Å²) in [6.07, 6.45) is 0. The Morgan fingerprint density at radius 1 is 1.21 bits per heavy atom. The SMILES string of the molecule is CCOC(=O)C1=C(CN2CCN(CC)CC2)N(C)C(=O)N[C@H]1c1cccc(F)c1. The van der Waals surface area contributed by atoms with Gasteiger partial charge < -0.3 is 15.0 Å². The van der Waals surface area contributed by atoms with Crippen molar-refractivity contribution in [3.8, 4) is 0 Å². The van der Waals surface area contributed by atoms with Gasteiger partial charge in [-0.2, -0.15) is 0 Å². The second-order valence-corrected chi connectivity index (χ2v) is 7.29. The Hall–Kier alpha value is -2.45. The molecule has 3 rings (SSSR count). The Kier molecular flexibility index (Phi) is 6.87. The summed E-state index contributed by atoms with van der Waals surface area (Å²) in [4.78, 5) is 31.6. The van der Waals surface area contributed by atoms with Gasteiger partial charge in [0.2, 0.25) is 0 Å². The first-order chi connectivity index (χ1) is 13.9. The number of benzene rings is 1. The van der Waals surface area contributed by atoms with E-state index in [1.165, 1.54) is 17.0 Å². The van der Waals surface area contributed by atoms with E-state index >= 15 is 0 Å². The summed E-state index contributed by atoms with van der Waals surface area (Å²) in [5.74, 6) is -0.910. The summed E-state index contributed by atoms with van der Waals surface area (Å²) >= 11 is 0. The van der Waals surface area contributed by atoms with Gasteiger partial charge in [-0.15, -0.1) is 0 Å². The first-order valence-corrected chi connectivity index (χ1v) is 10.1. The van der Waals surface area contributed by atoms with Crippen molar-refractivity contribution in [2.24, 2.45) is 0 Å². The molecule has 7 nitrogen and oxygen atoms in total. The van der Waals surface area contributed by atoms with Crippen LogP contribution in [0.5, 0.6) is 0 Å². The maximum Gasteiger partial charge on any atom is 0.338 e. The maximum atomic E-state index is 13.8. The molecule has 29 heavy (non-hydrogen) atoms. The lowest BCUT2D eigenvalue weighted by molar-refractivity contribution is -0.139. The molecule has 8 heteroatoms. The van der Waals surface area contributed by atoms with Gasteiger partial charge in [-0.25, -0.2) is 14.0 Å². The van der Waals surface area contributed by atoms with E-state index in [9.17, 15) is 14.0 Å². The number of halogens is 1. The number of amides is 2. The van der Waals surface area contributed by atoms with E-state index in [0.717, 1.165) is 32.7 Å². The highest BCUT2D eigenvalue weighted by Gasteiger charge is 2.37. The Morgan fingerprint density at radius 3 is 2.52 bits per heavy atom. The minimum Gasteiger partial charge on any atom is -0.463 e. The van der Waals surface area contributed by atoms with Gasteiger partial charge >= 0.3 is 12.0 Å². The summed E-state index contributed by atoms with van der Waals surface area (Å²) in [5.41, 5.74) is 1.48. The molecule has 1 saturated heterocycles. The van der Waals surface area contributed by atoms with Crippen LogP contribution < -0.4 is 5.32 Å². The quantitative estimate of drug-likeness (QED) is 0.735. The zero-order valence-electron chi connectivity index (χ0n) is 17.3. The van der Waals surface area contributed by atoms with Crippen LogP contribution in [0.3, 0.4) is 0 Å². The molecule has 0 spiro atoms. The fourth-order valence-electron chi connectivity index (χ4n) is 3.81. The molecule has 158 valence electrons. The molecule has 1 fully saturated rings. The zero-order valence-corrected chi connectivity index (χ0v) is 17.3. The molecule has 2 heterocycles. The van der Waals surface area contributed by atoms with Crippen LogP contribution in [0.2, 0.25) is 0 Å². The first-order valence-electron chi connectivity index (χ1n) is 10.1. The normalized spacial score (nSPS) is 21.3. The standard InChI is InChI=1S/C21H29FN4O3/c1-4-25-9-11-26(12-10-25)14-17-18(20(27)29-5-2)19(23-21(28)24(17)3)15-7-6-8-16(22)13-15/h6-8,13,19H,4-5,9-12,14H2,1-3H3,(H,23,28)/t19-/m0/s1. The number of carbonyl (C=O) groups is 2. The van der Waals surface area contributed by atoms with Gasteiger partial charge in [-0.05, 0) is 31.2 Å². The first kappa shape index (κ1) is 21.3. The van der Waals surface area contributed by atoms with E-state index in [4.69, 9.17) is 4.74 Å². The lowest BCUT2D eigenvalue weighted by Gasteiger charge is -2.39. The van der Waals surface area contributed by atoms with Crippen LogP contribution in [0.25, 0.3) is 0 Å². The molecule has 1 atom stereocenters. The summed E-state index contributed by atoms with van der Waals surface area (Å²) < 4.78 is 19.1. The topological polar surface area (TPSA) is 65.1 Å². The Labute approximate surface area is 171 Å². The number of piperazine rings is 1. The van der Waals surface area contributed by atoms with Crippen molar-refractivity contribution in [1.29, 1.82) is 0 Å². The predicted molar refractivity (Wildman–Crippen MR) is 108 cm³/mol.